The van der Waals surface area contributed by atoms with Crippen LogP contribution in [0.3, 0.4) is 0 Å². The lowest BCUT2D eigenvalue weighted by Gasteiger charge is -2.27. The number of likely N-dealkylation sites (N-methyl/N-ethyl adjacent to an activating group) is 1. The van der Waals surface area contributed by atoms with Crippen molar-refractivity contribution in [2.75, 3.05) is 13.6 Å². The van der Waals surface area contributed by atoms with E-state index in [2.05, 4.69) is 13.8 Å². The summed E-state index contributed by atoms with van der Waals surface area (Å²) >= 11 is 0. The monoisotopic (exact) mass is 188 g/mol. The molecule has 1 atom stereocenters. The summed E-state index contributed by atoms with van der Waals surface area (Å²) in [6.45, 7) is 4.61. The second-order valence-corrected chi connectivity index (χ2v) is 3.35. The van der Waals surface area contributed by atoms with Crippen molar-refractivity contribution >= 4 is 5.97 Å². The predicted molar refractivity (Wildman–Crippen MR) is 52.6 cm³/mol. The van der Waals surface area contributed by atoms with Gasteiger partial charge in [-0.2, -0.15) is 0 Å². The van der Waals surface area contributed by atoms with Crippen molar-refractivity contribution in [1.82, 2.24) is 4.90 Å². The lowest BCUT2D eigenvalue weighted by Crippen LogP contribution is -2.44. The summed E-state index contributed by atoms with van der Waals surface area (Å²) in [4.78, 5) is 12.5. The molecule has 0 bridgehead atoms. The van der Waals surface area contributed by atoms with E-state index < -0.39 is 12.0 Å². The van der Waals surface area contributed by atoms with Gasteiger partial charge in [0, 0.05) is 12.6 Å². The van der Waals surface area contributed by atoms with Gasteiger partial charge in [0.1, 0.15) is 6.04 Å². The average Bonchev–Trinajstić information content (AvgIpc) is 2.06. The second kappa shape index (κ2) is 5.94. The van der Waals surface area contributed by atoms with Crippen LogP contribution in [0.1, 0.15) is 26.7 Å². The first-order valence-corrected chi connectivity index (χ1v) is 4.71. The third-order valence-electron chi connectivity index (χ3n) is 2.37. The van der Waals surface area contributed by atoms with Crippen LogP contribution in [0.15, 0.2) is 0 Å². The molecule has 1 unspecified atom stereocenters. The Bertz CT molecular complexity index is 158. The van der Waals surface area contributed by atoms with Gasteiger partial charge in [0.05, 0.1) is 0 Å². The molecule has 0 heterocycles. The Hall–Kier alpha value is -0.610. The van der Waals surface area contributed by atoms with E-state index in [0.29, 0.717) is 12.6 Å². The highest BCUT2D eigenvalue weighted by molar-refractivity contribution is 5.73. The van der Waals surface area contributed by atoms with E-state index in [1.165, 1.54) is 0 Å². The summed E-state index contributed by atoms with van der Waals surface area (Å²) < 4.78 is 0. The largest absolute Gasteiger partial charge is 0.480 e. The Labute approximate surface area is 79.7 Å². The summed E-state index contributed by atoms with van der Waals surface area (Å²) in [6, 6.07) is -0.337. The lowest BCUT2D eigenvalue weighted by molar-refractivity contribution is -0.139. The summed E-state index contributed by atoms with van der Waals surface area (Å²) in [7, 11) is 1.92. The van der Waals surface area contributed by atoms with Gasteiger partial charge in [-0.05, 0) is 19.9 Å². The fourth-order valence-electron chi connectivity index (χ4n) is 1.45. The minimum Gasteiger partial charge on any atom is -0.480 e. The Morgan fingerprint density at radius 2 is 1.92 bits per heavy atom. The fraction of sp³-hybridized carbons (Fsp3) is 0.889. The molecule has 0 spiro atoms. The van der Waals surface area contributed by atoms with Crippen LogP contribution >= 0.6 is 0 Å². The van der Waals surface area contributed by atoms with Crippen molar-refractivity contribution < 1.29 is 9.90 Å². The Morgan fingerprint density at radius 3 is 2.23 bits per heavy atom. The normalized spacial score (nSPS) is 13.7. The molecule has 0 aliphatic rings. The molecular formula is C9H20N2O2. The van der Waals surface area contributed by atoms with Gasteiger partial charge in [-0.3, -0.25) is 4.79 Å². The van der Waals surface area contributed by atoms with Gasteiger partial charge in [-0.25, -0.2) is 0 Å². The van der Waals surface area contributed by atoms with Crippen LogP contribution in [-0.4, -0.2) is 41.7 Å². The molecule has 3 N–H and O–H groups in total. The van der Waals surface area contributed by atoms with Crippen LogP contribution in [0.25, 0.3) is 0 Å². The van der Waals surface area contributed by atoms with Crippen molar-refractivity contribution in [3.63, 3.8) is 0 Å². The quantitative estimate of drug-likeness (QED) is 0.637. The predicted octanol–water partition coefficient (Wildman–Crippen LogP) is 0.519. The maximum absolute atomic E-state index is 10.5. The van der Waals surface area contributed by atoms with Crippen LogP contribution < -0.4 is 5.73 Å². The third-order valence-corrected chi connectivity index (χ3v) is 2.37. The zero-order valence-corrected chi connectivity index (χ0v) is 8.66. The maximum atomic E-state index is 10.5. The Kier molecular flexibility index (Phi) is 5.66. The molecule has 0 aliphatic heterocycles. The average molecular weight is 188 g/mol. The molecule has 78 valence electrons. The zero-order valence-electron chi connectivity index (χ0n) is 8.66. The number of rotatable bonds is 6. The van der Waals surface area contributed by atoms with Crippen LogP contribution in [0, 0.1) is 0 Å². The molecule has 0 fully saturated rings. The number of nitrogens with zero attached hydrogens (tertiary/aromatic N) is 1. The summed E-state index contributed by atoms with van der Waals surface area (Å²) in [5, 5.41) is 8.61. The van der Waals surface area contributed by atoms with Crippen LogP contribution in [-0.2, 0) is 4.79 Å². The SMILES string of the molecule is CCC(CC)N(C)CC(N)C(=O)O. The van der Waals surface area contributed by atoms with Gasteiger partial charge in [0.15, 0.2) is 0 Å². The smallest absolute Gasteiger partial charge is 0.321 e. The van der Waals surface area contributed by atoms with Crippen LogP contribution in [0.2, 0.25) is 0 Å². The van der Waals surface area contributed by atoms with Gasteiger partial charge in [0.25, 0.3) is 0 Å². The van der Waals surface area contributed by atoms with E-state index in [-0.39, 0.29) is 0 Å². The molecule has 0 saturated heterocycles. The second-order valence-electron chi connectivity index (χ2n) is 3.35. The molecule has 13 heavy (non-hydrogen) atoms. The Balaban J connectivity index is 3.96. The first-order chi connectivity index (χ1) is 6.02. The van der Waals surface area contributed by atoms with E-state index in [0.717, 1.165) is 12.8 Å². The highest BCUT2D eigenvalue weighted by Gasteiger charge is 2.17. The van der Waals surface area contributed by atoms with Gasteiger partial charge in [0.2, 0.25) is 0 Å². The highest BCUT2D eigenvalue weighted by atomic mass is 16.4. The molecule has 0 amide bonds. The minimum atomic E-state index is -0.933. The summed E-state index contributed by atoms with van der Waals surface area (Å²) in [5.41, 5.74) is 5.42. The minimum absolute atomic E-state index is 0.418. The number of hydrogen-bond donors (Lipinski definition) is 2. The van der Waals surface area contributed by atoms with Crippen molar-refractivity contribution in [3.05, 3.63) is 0 Å². The topological polar surface area (TPSA) is 66.6 Å². The molecule has 4 nitrogen and oxygen atoms in total. The molecular weight excluding hydrogens is 168 g/mol. The van der Waals surface area contributed by atoms with E-state index in [1.54, 1.807) is 0 Å². The number of carboxylic acids is 1. The highest BCUT2D eigenvalue weighted by Crippen LogP contribution is 2.05. The zero-order chi connectivity index (χ0) is 10.4. The van der Waals surface area contributed by atoms with Crippen molar-refractivity contribution in [1.29, 1.82) is 0 Å². The van der Waals surface area contributed by atoms with E-state index in [4.69, 9.17) is 10.8 Å². The number of carboxylic acid groups (broad SMARTS) is 1. The van der Waals surface area contributed by atoms with Gasteiger partial charge in [-0.1, -0.05) is 13.8 Å². The van der Waals surface area contributed by atoms with Crippen molar-refractivity contribution in [3.8, 4) is 0 Å². The number of hydrogen-bond acceptors (Lipinski definition) is 3. The standard InChI is InChI=1S/C9H20N2O2/c1-4-7(5-2)11(3)6-8(10)9(12)13/h7-8H,4-6,10H2,1-3H3,(H,12,13). The van der Waals surface area contributed by atoms with Crippen LogP contribution in [0.5, 0.6) is 0 Å². The number of nitrogens with two attached hydrogens (primary N) is 1. The maximum Gasteiger partial charge on any atom is 0.321 e. The molecule has 0 rings (SSSR count). The Morgan fingerprint density at radius 1 is 1.46 bits per heavy atom. The van der Waals surface area contributed by atoms with E-state index in [1.807, 2.05) is 11.9 Å². The van der Waals surface area contributed by atoms with Gasteiger partial charge in [-0.15, -0.1) is 0 Å². The fourth-order valence-corrected chi connectivity index (χ4v) is 1.45. The molecule has 4 heteroatoms. The number of aliphatic carboxylic acids is 1. The van der Waals surface area contributed by atoms with E-state index in [9.17, 15) is 4.79 Å². The summed E-state index contributed by atoms with van der Waals surface area (Å²) in [6.07, 6.45) is 2.05. The molecule has 0 aliphatic carbocycles. The van der Waals surface area contributed by atoms with Crippen molar-refractivity contribution in [2.45, 2.75) is 38.8 Å². The van der Waals surface area contributed by atoms with Crippen LogP contribution in [0.4, 0.5) is 0 Å². The first-order valence-electron chi connectivity index (χ1n) is 4.71. The molecule has 0 saturated carbocycles. The van der Waals surface area contributed by atoms with Gasteiger partial charge >= 0.3 is 5.97 Å². The lowest BCUT2D eigenvalue weighted by atomic mass is 10.1. The molecule has 0 aromatic carbocycles. The number of carbonyl (C=O) groups is 1. The molecule has 0 aromatic rings. The summed E-state index contributed by atoms with van der Waals surface area (Å²) in [5.74, 6) is -0.933. The van der Waals surface area contributed by atoms with Gasteiger partial charge < -0.3 is 15.7 Å². The molecule has 0 radical (unpaired) electrons. The first kappa shape index (κ1) is 12.4. The van der Waals surface area contributed by atoms with Crippen molar-refractivity contribution in [2.24, 2.45) is 5.73 Å². The van der Waals surface area contributed by atoms with E-state index >= 15 is 0 Å². The molecule has 0 aromatic heterocycles. The third kappa shape index (κ3) is 4.24.